The molecular weight excluding hydrogens is 324 g/mol. The van der Waals surface area contributed by atoms with E-state index in [1.54, 1.807) is 23.1 Å². The second kappa shape index (κ2) is 7.40. The molecule has 5 nitrogen and oxygen atoms in total. The summed E-state index contributed by atoms with van der Waals surface area (Å²) in [6.45, 7) is 2.81. The van der Waals surface area contributed by atoms with Crippen LogP contribution in [0.15, 0.2) is 28.7 Å². The van der Waals surface area contributed by atoms with E-state index in [2.05, 4.69) is 21.2 Å². The van der Waals surface area contributed by atoms with Gasteiger partial charge in [-0.3, -0.25) is 9.59 Å². The summed E-state index contributed by atoms with van der Waals surface area (Å²) in [5.74, 6) is -0.107. The minimum absolute atomic E-state index is 0.0582. The lowest BCUT2D eigenvalue weighted by Crippen LogP contribution is -2.42. The lowest BCUT2D eigenvalue weighted by Gasteiger charge is -2.26. The second-order valence-corrected chi connectivity index (χ2v) is 5.43. The van der Waals surface area contributed by atoms with E-state index in [0.29, 0.717) is 44.8 Å². The van der Waals surface area contributed by atoms with Gasteiger partial charge < -0.3 is 15.0 Å². The first kappa shape index (κ1) is 15.0. The highest BCUT2D eigenvalue weighted by Gasteiger charge is 2.16. The Morgan fingerprint density at radius 2 is 2.05 bits per heavy atom. The van der Waals surface area contributed by atoms with Gasteiger partial charge in [0, 0.05) is 36.1 Å². The number of carbonyl (C=O) groups is 2. The van der Waals surface area contributed by atoms with Crippen molar-refractivity contribution in [3.05, 3.63) is 34.3 Å². The molecule has 0 aliphatic carbocycles. The highest BCUT2D eigenvalue weighted by Crippen LogP contribution is 2.11. The number of ether oxygens (including phenoxy) is 1. The molecule has 1 aromatic rings. The lowest BCUT2D eigenvalue weighted by molar-refractivity contribution is -0.135. The Morgan fingerprint density at radius 3 is 2.75 bits per heavy atom. The molecular formula is C14H17BrN2O3. The number of nitrogens with zero attached hydrogens (tertiary/aromatic N) is 1. The number of benzene rings is 1. The molecule has 0 atom stereocenters. The summed E-state index contributed by atoms with van der Waals surface area (Å²) in [5.41, 5.74) is 0.582. The molecule has 6 heteroatoms. The van der Waals surface area contributed by atoms with E-state index in [1.165, 1.54) is 0 Å². The van der Waals surface area contributed by atoms with Crippen molar-refractivity contribution in [2.24, 2.45) is 0 Å². The first-order valence-corrected chi connectivity index (χ1v) is 7.35. The van der Waals surface area contributed by atoms with Crippen LogP contribution in [-0.4, -0.2) is 49.6 Å². The zero-order valence-corrected chi connectivity index (χ0v) is 12.7. The van der Waals surface area contributed by atoms with Gasteiger partial charge in [-0.2, -0.15) is 0 Å². The van der Waals surface area contributed by atoms with Crippen molar-refractivity contribution in [2.75, 3.05) is 32.8 Å². The Labute approximate surface area is 126 Å². The molecule has 0 bridgehead atoms. The summed E-state index contributed by atoms with van der Waals surface area (Å²) < 4.78 is 6.05. The number of rotatable bonds is 4. The van der Waals surface area contributed by atoms with Gasteiger partial charge in [0.2, 0.25) is 5.91 Å². The molecule has 1 N–H and O–H groups in total. The van der Waals surface area contributed by atoms with Gasteiger partial charge in [-0.05, 0) is 18.2 Å². The SMILES string of the molecule is O=C(NCCC(=O)N1CCOCC1)c1cccc(Br)c1. The molecule has 2 amide bonds. The van der Waals surface area contributed by atoms with E-state index >= 15 is 0 Å². The summed E-state index contributed by atoms with van der Waals surface area (Å²) in [4.78, 5) is 25.5. The normalized spacial score (nSPS) is 14.9. The van der Waals surface area contributed by atoms with Crippen LogP contribution in [0, 0.1) is 0 Å². The zero-order chi connectivity index (χ0) is 14.4. The van der Waals surface area contributed by atoms with Crippen molar-refractivity contribution in [3.8, 4) is 0 Å². The summed E-state index contributed by atoms with van der Waals surface area (Å²) in [7, 11) is 0. The molecule has 1 aromatic carbocycles. The van der Waals surface area contributed by atoms with Crippen molar-refractivity contribution in [1.82, 2.24) is 10.2 Å². The van der Waals surface area contributed by atoms with Crippen LogP contribution in [0.25, 0.3) is 0 Å². The third-order valence-electron chi connectivity index (χ3n) is 3.08. The minimum Gasteiger partial charge on any atom is -0.378 e. The van der Waals surface area contributed by atoms with Crippen molar-refractivity contribution in [1.29, 1.82) is 0 Å². The first-order valence-electron chi connectivity index (χ1n) is 6.56. The van der Waals surface area contributed by atoms with E-state index in [1.807, 2.05) is 6.07 Å². The van der Waals surface area contributed by atoms with E-state index < -0.39 is 0 Å². The first-order chi connectivity index (χ1) is 9.66. The number of amides is 2. The lowest BCUT2D eigenvalue weighted by atomic mass is 10.2. The number of hydrogen-bond donors (Lipinski definition) is 1. The maximum Gasteiger partial charge on any atom is 0.251 e. The molecule has 20 heavy (non-hydrogen) atoms. The number of hydrogen-bond acceptors (Lipinski definition) is 3. The standard InChI is InChI=1S/C14H17BrN2O3/c15-12-3-1-2-11(10-12)14(19)16-5-4-13(18)17-6-8-20-9-7-17/h1-3,10H,4-9H2,(H,16,19). The summed E-state index contributed by atoms with van der Waals surface area (Å²) >= 11 is 3.32. The van der Waals surface area contributed by atoms with Crippen molar-refractivity contribution >= 4 is 27.7 Å². The van der Waals surface area contributed by atoms with E-state index in [0.717, 1.165) is 4.47 Å². The molecule has 0 unspecified atom stereocenters. The summed E-state index contributed by atoms with van der Waals surface area (Å²) in [6.07, 6.45) is 0.319. The van der Waals surface area contributed by atoms with Gasteiger partial charge in [-0.1, -0.05) is 22.0 Å². The molecule has 0 radical (unpaired) electrons. The number of morpholine rings is 1. The fourth-order valence-corrected chi connectivity index (χ4v) is 2.38. The maximum atomic E-state index is 11.9. The van der Waals surface area contributed by atoms with Gasteiger partial charge >= 0.3 is 0 Å². The molecule has 0 spiro atoms. The van der Waals surface area contributed by atoms with Crippen LogP contribution in [0.2, 0.25) is 0 Å². The van der Waals surface area contributed by atoms with E-state index in [-0.39, 0.29) is 11.8 Å². The molecule has 1 aliphatic heterocycles. The predicted octanol–water partition coefficient (Wildman–Crippen LogP) is 1.43. The molecule has 0 saturated carbocycles. The topological polar surface area (TPSA) is 58.6 Å². The third-order valence-corrected chi connectivity index (χ3v) is 3.57. The number of nitrogens with one attached hydrogen (secondary N) is 1. The summed E-state index contributed by atoms with van der Waals surface area (Å²) in [6, 6.07) is 7.15. The monoisotopic (exact) mass is 340 g/mol. The van der Waals surface area contributed by atoms with Gasteiger partial charge in [0.25, 0.3) is 5.91 Å². The van der Waals surface area contributed by atoms with Crippen LogP contribution in [0.4, 0.5) is 0 Å². The number of halogens is 1. The average molecular weight is 341 g/mol. The Bertz CT molecular complexity index is 487. The Kier molecular flexibility index (Phi) is 5.55. The Hall–Kier alpha value is -1.40. The van der Waals surface area contributed by atoms with Crippen LogP contribution in [0.3, 0.4) is 0 Å². The van der Waals surface area contributed by atoms with E-state index in [9.17, 15) is 9.59 Å². The zero-order valence-electron chi connectivity index (χ0n) is 11.1. The molecule has 1 heterocycles. The minimum atomic E-state index is -0.166. The van der Waals surface area contributed by atoms with Crippen LogP contribution in [0.1, 0.15) is 16.8 Å². The van der Waals surface area contributed by atoms with Crippen molar-refractivity contribution < 1.29 is 14.3 Å². The molecule has 1 fully saturated rings. The smallest absolute Gasteiger partial charge is 0.251 e. The maximum absolute atomic E-state index is 11.9. The molecule has 108 valence electrons. The molecule has 2 rings (SSSR count). The van der Waals surface area contributed by atoms with Crippen LogP contribution >= 0.6 is 15.9 Å². The second-order valence-electron chi connectivity index (χ2n) is 4.51. The highest BCUT2D eigenvalue weighted by atomic mass is 79.9. The molecule has 1 saturated heterocycles. The quantitative estimate of drug-likeness (QED) is 0.901. The van der Waals surface area contributed by atoms with Crippen LogP contribution in [0.5, 0.6) is 0 Å². The summed E-state index contributed by atoms with van der Waals surface area (Å²) in [5, 5.41) is 2.76. The predicted molar refractivity (Wildman–Crippen MR) is 78.5 cm³/mol. The van der Waals surface area contributed by atoms with Gasteiger partial charge in [-0.25, -0.2) is 0 Å². The number of carbonyl (C=O) groups excluding carboxylic acids is 2. The van der Waals surface area contributed by atoms with Crippen LogP contribution < -0.4 is 5.32 Å². The highest BCUT2D eigenvalue weighted by molar-refractivity contribution is 9.10. The van der Waals surface area contributed by atoms with E-state index in [4.69, 9.17) is 4.74 Å². The molecule has 0 aromatic heterocycles. The van der Waals surface area contributed by atoms with Crippen molar-refractivity contribution in [3.63, 3.8) is 0 Å². The Morgan fingerprint density at radius 1 is 1.30 bits per heavy atom. The fourth-order valence-electron chi connectivity index (χ4n) is 1.99. The largest absolute Gasteiger partial charge is 0.378 e. The molecule has 1 aliphatic rings. The van der Waals surface area contributed by atoms with Crippen LogP contribution in [-0.2, 0) is 9.53 Å². The van der Waals surface area contributed by atoms with Gasteiger partial charge in [0.05, 0.1) is 13.2 Å². The third kappa shape index (κ3) is 4.31. The average Bonchev–Trinajstić information content (AvgIpc) is 2.48. The van der Waals surface area contributed by atoms with Crippen molar-refractivity contribution in [2.45, 2.75) is 6.42 Å². The van der Waals surface area contributed by atoms with Gasteiger partial charge in [0.1, 0.15) is 0 Å². The Balaban J connectivity index is 1.75. The van der Waals surface area contributed by atoms with Gasteiger partial charge in [0.15, 0.2) is 0 Å². The van der Waals surface area contributed by atoms with Gasteiger partial charge in [-0.15, -0.1) is 0 Å². The fraction of sp³-hybridized carbons (Fsp3) is 0.429.